The predicted molar refractivity (Wildman–Crippen MR) is 65.1 cm³/mol. The molecule has 0 amide bonds. The van der Waals surface area contributed by atoms with Crippen molar-refractivity contribution in [1.82, 2.24) is 5.32 Å². The van der Waals surface area contributed by atoms with Gasteiger partial charge in [0.05, 0.1) is 7.57 Å². The van der Waals surface area contributed by atoms with Gasteiger partial charge >= 0.3 is 0 Å². The summed E-state index contributed by atoms with van der Waals surface area (Å²) in [5, 5.41) is 3.33. The zero-order valence-electron chi connectivity index (χ0n) is 7.31. The van der Waals surface area contributed by atoms with Gasteiger partial charge in [-0.05, 0) is 50.4 Å². The van der Waals surface area contributed by atoms with Gasteiger partial charge in [-0.1, -0.05) is 0 Å². The van der Waals surface area contributed by atoms with E-state index in [1.807, 2.05) is 0 Å². The number of nitrogens with one attached hydrogen (secondary N) is 1. The summed E-state index contributed by atoms with van der Waals surface area (Å²) < 4.78 is 2.33. The largest absolute Gasteiger partial charge is 0.329 e. The quantitative estimate of drug-likeness (QED) is 0.892. The molecule has 0 saturated carbocycles. The van der Waals surface area contributed by atoms with Crippen LogP contribution in [0.3, 0.4) is 0 Å². The van der Waals surface area contributed by atoms with Crippen LogP contribution < -0.4 is 11.1 Å². The Morgan fingerprint density at radius 2 is 2.31 bits per heavy atom. The summed E-state index contributed by atoms with van der Waals surface area (Å²) in [6.45, 7) is 3.61. The minimum absolute atomic E-state index is 0.366. The minimum atomic E-state index is 0.366. The molecule has 0 bridgehead atoms. The van der Waals surface area contributed by atoms with Gasteiger partial charge in [-0.2, -0.15) is 0 Å². The fourth-order valence-electron chi connectivity index (χ4n) is 0.862. The first kappa shape index (κ1) is 11.7. The predicted octanol–water partition coefficient (Wildman–Crippen LogP) is 2.71. The number of halogens is 2. The van der Waals surface area contributed by atoms with E-state index in [0.717, 1.165) is 10.3 Å². The van der Waals surface area contributed by atoms with E-state index in [2.05, 4.69) is 50.2 Å². The Bertz CT molecular complexity index is 275. The van der Waals surface area contributed by atoms with E-state index in [1.54, 1.807) is 11.3 Å². The summed E-state index contributed by atoms with van der Waals surface area (Å²) in [5.74, 6) is 0. The number of hydrogen-bond acceptors (Lipinski definition) is 3. The lowest BCUT2D eigenvalue weighted by atomic mass is 10.3. The van der Waals surface area contributed by atoms with E-state index in [9.17, 15) is 0 Å². The highest BCUT2D eigenvalue weighted by Gasteiger charge is 2.05. The highest BCUT2D eigenvalue weighted by atomic mass is 79.9. The van der Waals surface area contributed by atoms with Gasteiger partial charge < -0.3 is 11.1 Å². The molecule has 0 spiro atoms. The zero-order valence-corrected chi connectivity index (χ0v) is 11.3. The second-order valence-corrected chi connectivity index (χ2v) is 6.62. The topological polar surface area (TPSA) is 38.0 Å². The summed E-state index contributed by atoms with van der Waals surface area (Å²) in [6.07, 6.45) is 0. The lowest BCUT2D eigenvalue weighted by molar-refractivity contribution is 0.556. The van der Waals surface area contributed by atoms with Crippen LogP contribution in [0.15, 0.2) is 13.6 Å². The summed E-state index contributed by atoms with van der Waals surface area (Å²) in [4.78, 5) is 0. The lowest BCUT2D eigenvalue weighted by Crippen LogP contribution is -2.32. The maximum Gasteiger partial charge on any atom is 0.0755 e. The van der Waals surface area contributed by atoms with Crippen LogP contribution >= 0.6 is 43.2 Å². The third-order valence-corrected chi connectivity index (χ3v) is 4.19. The summed E-state index contributed by atoms with van der Waals surface area (Å²) in [5.41, 5.74) is 6.77. The zero-order chi connectivity index (χ0) is 9.84. The van der Waals surface area contributed by atoms with Crippen LogP contribution in [0, 0.1) is 0 Å². The van der Waals surface area contributed by atoms with E-state index in [0.29, 0.717) is 12.6 Å². The van der Waals surface area contributed by atoms with Gasteiger partial charge in [0, 0.05) is 19.1 Å². The molecule has 0 aromatic carbocycles. The number of rotatable bonds is 4. The summed E-state index contributed by atoms with van der Waals surface area (Å²) in [6, 6.07) is 2.48. The highest BCUT2D eigenvalue weighted by Crippen LogP contribution is 2.31. The van der Waals surface area contributed by atoms with Gasteiger partial charge in [0.2, 0.25) is 0 Å². The Morgan fingerprint density at radius 1 is 1.62 bits per heavy atom. The number of hydrogen-bond donors (Lipinski definition) is 2. The molecule has 0 radical (unpaired) electrons. The molecule has 0 aliphatic rings. The fraction of sp³-hybridized carbons (Fsp3) is 0.500. The molecular formula is C8H12Br2N2S. The molecular weight excluding hydrogens is 316 g/mol. The van der Waals surface area contributed by atoms with Gasteiger partial charge in [-0.25, -0.2) is 0 Å². The Hall–Kier alpha value is 0.580. The highest BCUT2D eigenvalue weighted by molar-refractivity contribution is 9.12. The van der Waals surface area contributed by atoms with Crippen molar-refractivity contribution in [1.29, 1.82) is 0 Å². The Kier molecular flexibility index (Phi) is 4.89. The van der Waals surface area contributed by atoms with Crippen molar-refractivity contribution < 1.29 is 0 Å². The molecule has 1 atom stereocenters. The fourth-order valence-corrected chi connectivity index (χ4v) is 3.69. The maximum atomic E-state index is 5.50. The van der Waals surface area contributed by atoms with Gasteiger partial charge in [0.15, 0.2) is 0 Å². The smallest absolute Gasteiger partial charge is 0.0755 e. The molecule has 1 heterocycles. The second-order valence-electron chi connectivity index (χ2n) is 2.87. The van der Waals surface area contributed by atoms with E-state index >= 15 is 0 Å². The van der Waals surface area contributed by atoms with Crippen molar-refractivity contribution in [2.75, 3.05) is 6.54 Å². The third-order valence-electron chi connectivity index (χ3n) is 1.72. The molecule has 1 aromatic rings. The molecule has 5 heteroatoms. The van der Waals surface area contributed by atoms with Gasteiger partial charge in [0.25, 0.3) is 0 Å². The monoisotopic (exact) mass is 326 g/mol. The van der Waals surface area contributed by atoms with Crippen molar-refractivity contribution in [2.45, 2.75) is 19.5 Å². The molecule has 0 aliphatic carbocycles. The molecule has 1 rings (SSSR count). The van der Waals surface area contributed by atoms with Crippen LogP contribution in [-0.2, 0) is 6.54 Å². The summed E-state index contributed by atoms with van der Waals surface area (Å²) in [7, 11) is 0. The second kappa shape index (κ2) is 5.46. The average molecular weight is 328 g/mol. The van der Waals surface area contributed by atoms with Crippen molar-refractivity contribution in [3.05, 3.63) is 19.2 Å². The molecule has 0 unspecified atom stereocenters. The van der Waals surface area contributed by atoms with Crippen LogP contribution in [-0.4, -0.2) is 12.6 Å². The Balaban J connectivity index is 2.49. The van der Waals surface area contributed by atoms with Crippen LogP contribution in [0.1, 0.15) is 12.5 Å². The van der Waals surface area contributed by atoms with Crippen LogP contribution in [0.5, 0.6) is 0 Å². The van der Waals surface area contributed by atoms with Crippen molar-refractivity contribution >= 4 is 43.2 Å². The van der Waals surface area contributed by atoms with E-state index in [-0.39, 0.29) is 0 Å². The summed E-state index contributed by atoms with van der Waals surface area (Å²) >= 11 is 8.64. The van der Waals surface area contributed by atoms with Crippen molar-refractivity contribution in [3.8, 4) is 0 Å². The van der Waals surface area contributed by atoms with E-state index in [4.69, 9.17) is 5.73 Å². The van der Waals surface area contributed by atoms with Crippen LogP contribution in [0.2, 0.25) is 0 Å². The molecule has 1 aromatic heterocycles. The first-order valence-corrected chi connectivity index (χ1v) is 6.41. The van der Waals surface area contributed by atoms with Crippen molar-refractivity contribution in [2.24, 2.45) is 5.73 Å². The first-order valence-electron chi connectivity index (χ1n) is 4.00. The molecule has 74 valence electrons. The maximum absolute atomic E-state index is 5.50. The normalized spacial score (nSPS) is 13.2. The van der Waals surface area contributed by atoms with Gasteiger partial charge in [0.1, 0.15) is 0 Å². The molecule has 0 aliphatic heterocycles. The minimum Gasteiger partial charge on any atom is -0.329 e. The van der Waals surface area contributed by atoms with Gasteiger partial charge in [-0.15, -0.1) is 11.3 Å². The first-order chi connectivity index (χ1) is 6.13. The van der Waals surface area contributed by atoms with Crippen LogP contribution in [0.4, 0.5) is 0 Å². The third kappa shape index (κ3) is 3.67. The number of thiophene rings is 1. The molecule has 3 N–H and O–H groups in total. The Labute approximate surface area is 99.2 Å². The van der Waals surface area contributed by atoms with Crippen molar-refractivity contribution in [3.63, 3.8) is 0 Å². The van der Waals surface area contributed by atoms with Gasteiger partial charge in [-0.3, -0.25) is 0 Å². The molecule has 0 saturated heterocycles. The molecule has 2 nitrogen and oxygen atoms in total. The lowest BCUT2D eigenvalue weighted by Gasteiger charge is -2.09. The average Bonchev–Trinajstić information content (AvgIpc) is 2.41. The molecule has 0 fully saturated rings. The van der Waals surface area contributed by atoms with E-state index < -0.39 is 0 Å². The standard InChI is InChI=1S/C8H12Br2N2S/c1-5(3-11)12-4-6-2-7(9)13-8(6)10/h2,5,12H,3-4,11H2,1H3/t5-/m0/s1. The SMILES string of the molecule is C[C@@H](CN)NCc1cc(Br)sc1Br. The van der Waals surface area contributed by atoms with E-state index in [1.165, 1.54) is 9.35 Å². The molecule has 13 heavy (non-hydrogen) atoms. The number of nitrogens with two attached hydrogens (primary N) is 1. The van der Waals surface area contributed by atoms with Crippen LogP contribution in [0.25, 0.3) is 0 Å². The Morgan fingerprint density at radius 3 is 2.77 bits per heavy atom.